The Bertz CT molecular complexity index is 4810. The first kappa shape index (κ1) is 78.3. The molecule has 0 spiro atoms. The highest BCUT2D eigenvalue weighted by Gasteiger charge is 2.60. The fourth-order valence-electron chi connectivity index (χ4n) is 12.6. The fraction of sp³-hybridized carbons (Fsp3) is 0.216. The van der Waals surface area contributed by atoms with E-state index in [1.54, 1.807) is 158 Å². The second-order valence-corrected chi connectivity index (χ2v) is 25.9. The Balaban J connectivity index is 0.996. The summed E-state index contributed by atoms with van der Waals surface area (Å²) in [5, 5.41) is 13.2. The Hall–Kier alpha value is -12.9. The second kappa shape index (κ2) is 38.2. The third kappa shape index (κ3) is 20.2. The molecule has 113 heavy (non-hydrogen) atoms. The molecule has 3 aliphatic rings. The van der Waals surface area contributed by atoms with E-state index >= 15 is 14.4 Å². The van der Waals surface area contributed by atoms with Crippen LogP contribution in [0.15, 0.2) is 303 Å². The molecule has 576 valence electrons. The average Bonchev–Trinajstić information content (AvgIpc) is 0.760. The molecule has 1 N–H and O–H groups in total. The van der Waals surface area contributed by atoms with Crippen molar-refractivity contribution in [3.63, 3.8) is 0 Å². The van der Waals surface area contributed by atoms with Crippen molar-refractivity contribution < 1.29 is 119 Å². The van der Waals surface area contributed by atoms with E-state index in [0.29, 0.717) is 5.56 Å². The molecule has 15 atom stereocenters. The maximum atomic E-state index is 15.4. The van der Waals surface area contributed by atoms with Gasteiger partial charge in [0.15, 0.2) is 61.6 Å². The third-order valence-electron chi connectivity index (χ3n) is 18.3. The molecular weight excluding hydrogens is 1460 g/mol. The van der Waals surface area contributed by atoms with Gasteiger partial charge in [-0.2, -0.15) is 0 Å². The normalized spacial score (nSPS) is 23.1. The number of aliphatic hydroxyl groups excluding tert-OH is 1. The summed E-state index contributed by atoms with van der Waals surface area (Å²) in [6, 6.07) is 77.5. The van der Waals surface area contributed by atoms with Gasteiger partial charge in [0.1, 0.15) is 50.3 Å². The number of esters is 9. The van der Waals surface area contributed by atoms with Gasteiger partial charge in [-0.05, 0) is 115 Å². The summed E-state index contributed by atoms with van der Waals surface area (Å²) in [4.78, 5) is 132. The molecule has 25 heteroatoms. The van der Waals surface area contributed by atoms with Gasteiger partial charge in [-0.25, -0.2) is 43.2 Å². The van der Waals surface area contributed by atoms with Gasteiger partial charge in [0.05, 0.1) is 56.7 Å². The standard InChI is InChI=1S/C88H74O25/c89-68-69(106-80(93)59-39-19-5-20-40-59)65(52-99-77(90)56-33-13-2-14-34-56)104-87(72(68)109-83(96)62-45-25-8-26-46-62)112-74-71(108-82(95)61-43-23-7-24-44-61)67(54-101-79(92)58-37-17-4-18-38-58)105-88(76(74)111-85(98)64-49-29-10-30-50-64)113-75-73(110-84(97)63-47-27-9-28-48-63)70(107-81(94)60-41-21-6-22-42-60)66(53-100-78(91)57-35-15-3-16-36-57)103-86(75)102-51-55-31-11-1-12-32-55/h1-50,65-76,86-89H,51-54H2/t65?,66?,67?,68-,69+,70+,71+,72?,73-,74-,75?,76?,86-,87+,88+/m0/s1. The van der Waals surface area contributed by atoms with Gasteiger partial charge in [-0.1, -0.05) is 194 Å². The highest BCUT2D eigenvalue weighted by atomic mass is 16.8. The van der Waals surface area contributed by atoms with E-state index in [9.17, 15) is 33.9 Å². The predicted octanol–water partition coefficient (Wildman–Crippen LogP) is 11.4. The number of ether oxygens (including phenoxy) is 15. The molecule has 6 unspecified atom stereocenters. The zero-order chi connectivity index (χ0) is 78.4. The third-order valence-corrected chi connectivity index (χ3v) is 18.3. The Kier molecular flexibility index (Phi) is 26.5. The van der Waals surface area contributed by atoms with E-state index in [-0.39, 0.29) is 56.7 Å². The number of carbonyl (C=O) groups is 9. The van der Waals surface area contributed by atoms with Crippen molar-refractivity contribution in [3.05, 3.63) is 359 Å². The van der Waals surface area contributed by atoms with Crippen LogP contribution in [0.1, 0.15) is 98.8 Å². The van der Waals surface area contributed by atoms with Crippen LogP contribution in [0.3, 0.4) is 0 Å². The molecule has 3 fully saturated rings. The Labute approximate surface area is 647 Å². The lowest BCUT2D eigenvalue weighted by molar-refractivity contribution is -0.383. The minimum atomic E-state index is -2.30. The minimum Gasteiger partial charge on any atom is -0.459 e. The largest absolute Gasteiger partial charge is 0.459 e. The SMILES string of the molecule is O=C(OCC1O[C@H](O[C@@H]2C(OC(=O)c3ccccc3)[C@@H](OC3[C@@H](OCc4ccccc4)OC(COC(=O)c4ccccc4)[C@@H](OC(=O)c4ccccc4)[C@@H]3OC(=O)c3ccccc3)OC(COC(=O)c3ccccc3)[C@H]2OC(=O)c2ccccc2)C(OC(=O)c2ccccc2)[C@@H](O)[C@@H]1OC(=O)c1ccccc1)c1ccccc1. The van der Waals surface area contributed by atoms with Gasteiger partial charge in [0.25, 0.3) is 0 Å². The van der Waals surface area contributed by atoms with Crippen molar-refractivity contribution in [2.75, 3.05) is 19.8 Å². The summed E-state index contributed by atoms with van der Waals surface area (Å²) in [6.45, 7) is -2.80. The molecule has 3 heterocycles. The highest BCUT2D eigenvalue weighted by molar-refractivity contribution is 5.94. The molecule has 0 bridgehead atoms. The van der Waals surface area contributed by atoms with Crippen molar-refractivity contribution in [2.45, 2.75) is 98.7 Å². The van der Waals surface area contributed by atoms with Crippen LogP contribution in [0.2, 0.25) is 0 Å². The van der Waals surface area contributed by atoms with Crippen LogP contribution in [0.25, 0.3) is 0 Å². The first-order chi connectivity index (χ1) is 55.2. The number of rotatable bonds is 28. The molecule has 0 saturated carbocycles. The molecule has 3 aliphatic heterocycles. The van der Waals surface area contributed by atoms with Crippen LogP contribution in [0, 0.1) is 0 Å². The first-order valence-corrected chi connectivity index (χ1v) is 36.0. The minimum absolute atomic E-state index is 0.00636. The summed E-state index contributed by atoms with van der Waals surface area (Å²) in [6.07, 6.45) is -30.6. The summed E-state index contributed by atoms with van der Waals surface area (Å²) < 4.78 is 98.5. The number of hydrogen-bond donors (Lipinski definition) is 1. The van der Waals surface area contributed by atoms with E-state index in [4.69, 9.17) is 71.1 Å². The van der Waals surface area contributed by atoms with Gasteiger partial charge in [0.2, 0.25) is 0 Å². The lowest BCUT2D eigenvalue weighted by atomic mass is 9.95. The van der Waals surface area contributed by atoms with Crippen LogP contribution in [0.4, 0.5) is 0 Å². The van der Waals surface area contributed by atoms with Crippen LogP contribution in [0.5, 0.6) is 0 Å². The maximum Gasteiger partial charge on any atom is 0.338 e. The van der Waals surface area contributed by atoms with Crippen molar-refractivity contribution in [1.29, 1.82) is 0 Å². The van der Waals surface area contributed by atoms with Gasteiger partial charge < -0.3 is 76.2 Å². The fourth-order valence-corrected chi connectivity index (χ4v) is 12.6. The highest BCUT2D eigenvalue weighted by Crippen LogP contribution is 2.40. The van der Waals surface area contributed by atoms with E-state index in [1.165, 1.54) is 146 Å². The van der Waals surface area contributed by atoms with E-state index in [0.717, 1.165) is 0 Å². The molecular formula is C88H74O25. The van der Waals surface area contributed by atoms with Crippen LogP contribution in [-0.4, -0.2) is 171 Å². The molecule has 0 amide bonds. The topological polar surface area (TPSA) is 312 Å². The average molecular weight is 1530 g/mol. The van der Waals surface area contributed by atoms with Crippen LogP contribution >= 0.6 is 0 Å². The van der Waals surface area contributed by atoms with Crippen molar-refractivity contribution in [1.82, 2.24) is 0 Å². The molecule has 0 radical (unpaired) electrons. The number of aliphatic hydroxyl groups is 1. The van der Waals surface area contributed by atoms with Gasteiger partial charge in [-0.15, -0.1) is 0 Å². The molecule has 3 saturated heterocycles. The van der Waals surface area contributed by atoms with Gasteiger partial charge in [0, 0.05) is 0 Å². The van der Waals surface area contributed by atoms with Crippen molar-refractivity contribution >= 4 is 53.7 Å². The lowest BCUT2D eigenvalue weighted by Crippen LogP contribution is -2.69. The zero-order valence-corrected chi connectivity index (χ0v) is 60.1. The van der Waals surface area contributed by atoms with Crippen LogP contribution in [-0.2, 0) is 77.7 Å². The molecule has 10 aromatic rings. The molecule has 0 aromatic heterocycles. The summed E-state index contributed by atoms with van der Waals surface area (Å²) >= 11 is 0. The maximum absolute atomic E-state index is 15.4. The van der Waals surface area contributed by atoms with Crippen molar-refractivity contribution in [3.8, 4) is 0 Å². The summed E-state index contributed by atoms with van der Waals surface area (Å²) in [5.74, 6) is -9.15. The van der Waals surface area contributed by atoms with Crippen molar-refractivity contribution in [2.24, 2.45) is 0 Å². The summed E-state index contributed by atoms with van der Waals surface area (Å²) in [5.41, 5.74) is 0.429. The first-order valence-electron chi connectivity index (χ1n) is 36.0. The van der Waals surface area contributed by atoms with E-state index in [2.05, 4.69) is 0 Å². The van der Waals surface area contributed by atoms with Gasteiger partial charge >= 0.3 is 53.7 Å². The Morgan fingerprint density at radius 3 is 0.796 bits per heavy atom. The zero-order valence-electron chi connectivity index (χ0n) is 60.1. The number of carbonyl (C=O) groups excluding carboxylic acids is 9. The molecule has 25 nitrogen and oxygen atoms in total. The molecule has 13 rings (SSSR count). The smallest absolute Gasteiger partial charge is 0.338 e. The van der Waals surface area contributed by atoms with Crippen LogP contribution < -0.4 is 0 Å². The predicted molar refractivity (Wildman–Crippen MR) is 397 cm³/mol. The monoisotopic (exact) mass is 1530 g/mol. The lowest BCUT2D eigenvalue weighted by Gasteiger charge is -2.50. The number of hydrogen-bond acceptors (Lipinski definition) is 25. The summed E-state index contributed by atoms with van der Waals surface area (Å²) in [7, 11) is 0. The molecule has 0 aliphatic carbocycles. The Morgan fingerprint density at radius 2 is 0.469 bits per heavy atom. The van der Waals surface area contributed by atoms with Gasteiger partial charge in [-0.3, -0.25) is 0 Å². The Morgan fingerprint density at radius 1 is 0.239 bits per heavy atom. The quantitative estimate of drug-likeness (QED) is 0.0352. The second-order valence-electron chi connectivity index (χ2n) is 25.9. The molecule has 10 aromatic carbocycles. The number of benzene rings is 10. The van der Waals surface area contributed by atoms with E-state index < -0.39 is 166 Å². The van der Waals surface area contributed by atoms with E-state index in [1.807, 2.05) is 0 Å².